The van der Waals surface area contributed by atoms with Crippen LogP contribution in [0.5, 0.6) is 0 Å². The Morgan fingerprint density at radius 2 is 1.76 bits per heavy atom. The molecule has 128 valence electrons. The largest absolute Gasteiger partial charge is 0.341 e. The maximum Gasteiger partial charge on any atom is 0.253 e. The van der Waals surface area contributed by atoms with Gasteiger partial charge in [0.05, 0.1) is 6.42 Å². The molecule has 2 fully saturated rings. The molecule has 0 bridgehead atoms. The number of aromatic nitrogens is 1. The van der Waals surface area contributed by atoms with Crippen LogP contribution in [0.1, 0.15) is 22.3 Å². The van der Waals surface area contributed by atoms with Gasteiger partial charge in [-0.2, -0.15) is 0 Å². The van der Waals surface area contributed by atoms with Crippen LogP contribution >= 0.6 is 0 Å². The van der Waals surface area contributed by atoms with Gasteiger partial charge in [-0.25, -0.2) is 0 Å². The van der Waals surface area contributed by atoms with Gasteiger partial charge in [-0.3, -0.25) is 14.6 Å². The SMILES string of the molecule is O=C(Cc1cccnc1)N1CC2(CCN(C(=O)c3ccccc3)C2)C1. The number of rotatable bonds is 3. The van der Waals surface area contributed by atoms with Gasteiger partial charge in [0.1, 0.15) is 0 Å². The Bertz CT molecular complexity index is 770. The highest BCUT2D eigenvalue weighted by Crippen LogP contribution is 2.40. The summed E-state index contributed by atoms with van der Waals surface area (Å²) in [5.74, 6) is 0.240. The predicted molar refractivity (Wildman–Crippen MR) is 93.9 cm³/mol. The molecule has 0 aliphatic carbocycles. The van der Waals surface area contributed by atoms with E-state index in [1.165, 1.54) is 0 Å². The van der Waals surface area contributed by atoms with Crippen LogP contribution in [0.2, 0.25) is 0 Å². The van der Waals surface area contributed by atoms with E-state index in [-0.39, 0.29) is 17.2 Å². The fraction of sp³-hybridized carbons (Fsp3) is 0.350. The number of carbonyl (C=O) groups excluding carboxylic acids is 2. The Balaban J connectivity index is 1.33. The summed E-state index contributed by atoms with van der Waals surface area (Å²) in [5.41, 5.74) is 1.78. The highest BCUT2D eigenvalue weighted by molar-refractivity contribution is 5.94. The Morgan fingerprint density at radius 3 is 2.48 bits per heavy atom. The van der Waals surface area contributed by atoms with Crippen LogP contribution in [0.15, 0.2) is 54.9 Å². The van der Waals surface area contributed by atoms with Crippen LogP contribution < -0.4 is 0 Å². The minimum atomic E-state index is 0.0923. The monoisotopic (exact) mass is 335 g/mol. The second kappa shape index (κ2) is 6.31. The molecule has 1 spiro atoms. The van der Waals surface area contributed by atoms with Crippen LogP contribution in [0.4, 0.5) is 0 Å². The summed E-state index contributed by atoms with van der Waals surface area (Å²) >= 11 is 0. The second-order valence-corrected chi connectivity index (χ2v) is 7.13. The Kier molecular flexibility index (Phi) is 3.99. The van der Waals surface area contributed by atoms with E-state index < -0.39 is 0 Å². The third kappa shape index (κ3) is 3.14. The van der Waals surface area contributed by atoms with Crippen LogP contribution in [0.3, 0.4) is 0 Å². The molecule has 0 saturated carbocycles. The fourth-order valence-corrected chi connectivity index (χ4v) is 3.86. The van der Waals surface area contributed by atoms with Crippen molar-refractivity contribution in [3.05, 3.63) is 66.0 Å². The molecule has 1 aromatic heterocycles. The first-order chi connectivity index (χ1) is 12.2. The van der Waals surface area contributed by atoms with Gasteiger partial charge in [-0.15, -0.1) is 0 Å². The highest BCUT2D eigenvalue weighted by Gasteiger charge is 2.50. The van der Waals surface area contributed by atoms with Gasteiger partial charge in [-0.1, -0.05) is 24.3 Å². The third-order valence-electron chi connectivity index (χ3n) is 5.23. The number of nitrogens with zero attached hydrogens (tertiary/aromatic N) is 3. The zero-order valence-electron chi connectivity index (χ0n) is 14.1. The first-order valence-corrected chi connectivity index (χ1v) is 8.66. The molecule has 0 atom stereocenters. The molecule has 1 aromatic carbocycles. The molecule has 2 aromatic rings. The zero-order chi connectivity index (χ0) is 17.3. The van der Waals surface area contributed by atoms with Crippen LogP contribution in [-0.2, 0) is 11.2 Å². The number of hydrogen-bond acceptors (Lipinski definition) is 3. The standard InChI is InChI=1S/C20H21N3O2/c24-18(11-16-5-4-9-21-12-16)23-14-20(15-23)8-10-22(13-20)19(25)17-6-2-1-3-7-17/h1-7,9,12H,8,10-11,13-15H2. The molecule has 2 saturated heterocycles. The number of amides is 2. The number of likely N-dealkylation sites (tertiary alicyclic amines) is 2. The van der Waals surface area contributed by atoms with Gasteiger partial charge in [0.15, 0.2) is 0 Å². The van der Waals surface area contributed by atoms with Gasteiger partial charge in [-0.05, 0) is 30.2 Å². The lowest BCUT2D eigenvalue weighted by Crippen LogP contribution is -2.60. The number of carbonyl (C=O) groups is 2. The van der Waals surface area contributed by atoms with E-state index in [1.807, 2.05) is 52.3 Å². The summed E-state index contributed by atoms with van der Waals surface area (Å²) in [7, 11) is 0. The van der Waals surface area contributed by atoms with Crippen molar-refractivity contribution in [3.63, 3.8) is 0 Å². The molecule has 5 heteroatoms. The molecule has 2 amide bonds. The van der Waals surface area contributed by atoms with Gasteiger partial charge >= 0.3 is 0 Å². The topological polar surface area (TPSA) is 53.5 Å². The van der Waals surface area contributed by atoms with Gasteiger partial charge in [0.2, 0.25) is 5.91 Å². The van der Waals surface area contributed by atoms with E-state index in [2.05, 4.69) is 4.98 Å². The normalized spacial score (nSPS) is 18.2. The van der Waals surface area contributed by atoms with Crippen molar-refractivity contribution in [3.8, 4) is 0 Å². The van der Waals surface area contributed by atoms with E-state index in [9.17, 15) is 9.59 Å². The zero-order valence-corrected chi connectivity index (χ0v) is 14.1. The average Bonchev–Trinajstić information content (AvgIpc) is 3.07. The van der Waals surface area contributed by atoms with E-state index >= 15 is 0 Å². The van der Waals surface area contributed by atoms with E-state index in [0.29, 0.717) is 6.42 Å². The number of pyridine rings is 1. The molecule has 4 rings (SSSR count). The molecule has 25 heavy (non-hydrogen) atoms. The fourth-order valence-electron chi connectivity index (χ4n) is 3.86. The molecular weight excluding hydrogens is 314 g/mol. The number of benzene rings is 1. The van der Waals surface area contributed by atoms with Crippen LogP contribution in [0, 0.1) is 5.41 Å². The van der Waals surface area contributed by atoms with Crippen LogP contribution in [0.25, 0.3) is 0 Å². The van der Waals surface area contributed by atoms with Crippen molar-refractivity contribution in [2.24, 2.45) is 5.41 Å². The highest BCUT2D eigenvalue weighted by atomic mass is 16.2. The summed E-state index contributed by atoms with van der Waals surface area (Å²) < 4.78 is 0. The summed E-state index contributed by atoms with van der Waals surface area (Å²) in [6, 6.07) is 13.2. The van der Waals surface area contributed by atoms with Crippen molar-refractivity contribution < 1.29 is 9.59 Å². The van der Waals surface area contributed by atoms with Crippen molar-refractivity contribution >= 4 is 11.8 Å². The maximum atomic E-state index is 12.6. The molecular formula is C20H21N3O2. The molecule has 2 aliphatic rings. The second-order valence-electron chi connectivity index (χ2n) is 7.13. The average molecular weight is 335 g/mol. The van der Waals surface area contributed by atoms with Crippen molar-refractivity contribution in [1.82, 2.24) is 14.8 Å². The van der Waals surface area contributed by atoms with Gasteiger partial charge < -0.3 is 9.80 Å². The van der Waals surface area contributed by atoms with Gasteiger partial charge in [0, 0.05) is 49.6 Å². The lowest BCUT2D eigenvalue weighted by Gasteiger charge is -2.48. The Morgan fingerprint density at radius 1 is 1.00 bits per heavy atom. The lowest BCUT2D eigenvalue weighted by atomic mass is 9.79. The summed E-state index contributed by atoms with van der Waals surface area (Å²) in [6.07, 6.45) is 4.82. The van der Waals surface area contributed by atoms with Crippen molar-refractivity contribution in [2.75, 3.05) is 26.2 Å². The molecule has 2 aliphatic heterocycles. The maximum absolute atomic E-state index is 12.6. The first-order valence-electron chi connectivity index (χ1n) is 8.66. The summed E-state index contributed by atoms with van der Waals surface area (Å²) in [4.78, 5) is 32.8. The minimum absolute atomic E-state index is 0.0923. The quantitative estimate of drug-likeness (QED) is 0.862. The Hall–Kier alpha value is -2.69. The smallest absolute Gasteiger partial charge is 0.253 e. The molecule has 0 unspecified atom stereocenters. The lowest BCUT2D eigenvalue weighted by molar-refractivity contribution is -0.141. The Labute approximate surface area is 147 Å². The van der Waals surface area contributed by atoms with Crippen molar-refractivity contribution in [2.45, 2.75) is 12.8 Å². The van der Waals surface area contributed by atoms with E-state index in [0.717, 1.165) is 43.7 Å². The minimum Gasteiger partial charge on any atom is -0.341 e. The van der Waals surface area contributed by atoms with Gasteiger partial charge in [0.25, 0.3) is 5.91 Å². The summed E-state index contributed by atoms with van der Waals surface area (Å²) in [5, 5.41) is 0. The molecule has 0 radical (unpaired) electrons. The summed E-state index contributed by atoms with van der Waals surface area (Å²) in [6.45, 7) is 3.03. The van der Waals surface area contributed by atoms with E-state index in [1.54, 1.807) is 12.4 Å². The third-order valence-corrected chi connectivity index (χ3v) is 5.23. The molecule has 3 heterocycles. The van der Waals surface area contributed by atoms with Crippen molar-refractivity contribution in [1.29, 1.82) is 0 Å². The van der Waals surface area contributed by atoms with Crippen LogP contribution in [-0.4, -0.2) is 52.8 Å². The predicted octanol–water partition coefficient (Wildman–Crippen LogP) is 2.00. The molecule has 5 nitrogen and oxygen atoms in total. The van der Waals surface area contributed by atoms with E-state index in [4.69, 9.17) is 0 Å². The number of hydrogen-bond donors (Lipinski definition) is 0. The first kappa shape index (κ1) is 15.8. The molecule has 0 N–H and O–H groups in total.